The summed E-state index contributed by atoms with van der Waals surface area (Å²) in [7, 11) is 3.04. The van der Waals surface area contributed by atoms with E-state index in [1.165, 1.54) is 7.11 Å². The van der Waals surface area contributed by atoms with Crippen LogP contribution in [-0.2, 0) is 9.53 Å². The van der Waals surface area contributed by atoms with E-state index in [-0.39, 0.29) is 24.6 Å². The fourth-order valence-corrected chi connectivity index (χ4v) is 5.42. The van der Waals surface area contributed by atoms with Crippen LogP contribution in [0.3, 0.4) is 0 Å². The highest BCUT2D eigenvalue weighted by Crippen LogP contribution is 2.43. The summed E-state index contributed by atoms with van der Waals surface area (Å²) >= 11 is 9.49. The average Bonchev–Trinajstić information content (AvgIpc) is 3.53. The molecule has 8 nitrogen and oxygen atoms in total. The summed E-state index contributed by atoms with van der Waals surface area (Å²) < 4.78 is 13.6. The van der Waals surface area contributed by atoms with Gasteiger partial charge in [0.25, 0.3) is 0 Å². The van der Waals surface area contributed by atoms with Crippen molar-refractivity contribution in [2.24, 2.45) is 0 Å². The summed E-state index contributed by atoms with van der Waals surface area (Å²) in [4.78, 5) is 19.0. The topological polar surface area (TPSA) is 80.7 Å². The molecule has 10 heteroatoms. The van der Waals surface area contributed by atoms with E-state index in [9.17, 15) is 4.79 Å². The largest absolute Gasteiger partial charge is 0.495 e. The maximum atomic E-state index is 12.3. The van der Waals surface area contributed by atoms with Crippen molar-refractivity contribution in [3.8, 4) is 11.4 Å². The highest BCUT2D eigenvalue weighted by Gasteiger charge is 2.42. The predicted molar refractivity (Wildman–Crippen MR) is 155 cm³/mol. The zero-order valence-electron chi connectivity index (χ0n) is 20.8. The van der Waals surface area contributed by atoms with Gasteiger partial charge in [-0.3, -0.25) is 9.78 Å². The number of halogens is 1. The van der Waals surface area contributed by atoms with Gasteiger partial charge in [0.15, 0.2) is 5.11 Å². The molecule has 4 aromatic rings. The number of benzene rings is 2. The number of carbonyl (C=O) groups excluding carboxylic acids is 1. The lowest BCUT2D eigenvalue weighted by Crippen LogP contribution is -2.30. The van der Waals surface area contributed by atoms with Crippen LogP contribution in [0.2, 0.25) is 0 Å². The molecule has 0 aliphatic carbocycles. The second-order valence-electron chi connectivity index (χ2n) is 8.65. The maximum Gasteiger partial charge on any atom is 0.250 e. The molecular formula is C28H26BrN5O3S. The molecule has 0 spiro atoms. The Morgan fingerprint density at radius 3 is 2.68 bits per heavy atom. The molecular weight excluding hydrogens is 566 g/mol. The Kier molecular flexibility index (Phi) is 7.73. The SMILES string of the molecule is COCC(=O)Nc1cc(N2C(=S)NC(c3ccccn3)C2c2cccn2-c2cccc(Br)c2)ccc1OC. The standard InChI is InChI=1S/C28H26BrN5O3S/c1-36-17-25(35)31-22-16-20(11-12-24(22)37-2)34-27(26(32-28(34)38)21-9-3-4-13-30-21)23-10-6-14-33(23)19-8-5-7-18(29)15-19/h3-16,26-27H,17H2,1-2H3,(H,31,35)(H,32,38). The van der Waals surface area contributed by atoms with Gasteiger partial charge >= 0.3 is 0 Å². The van der Waals surface area contributed by atoms with E-state index in [0.29, 0.717) is 16.5 Å². The first-order chi connectivity index (χ1) is 18.5. The molecule has 2 N–H and O–H groups in total. The van der Waals surface area contributed by atoms with Gasteiger partial charge in [-0.15, -0.1) is 0 Å². The monoisotopic (exact) mass is 591 g/mol. The summed E-state index contributed by atoms with van der Waals surface area (Å²) in [5.41, 5.74) is 4.22. The van der Waals surface area contributed by atoms with Crippen LogP contribution in [0.1, 0.15) is 23.5 Å². The average molecular weight is 593 g/mol. The van der Waals surface area contributed by atoms with Crippen LogP contribution >= 0.6 is 28.1 Å². The molecule has 1 aliphatic heterocycles. The van der Waals surface area contributed by atoms with E-state index in [0.717, 1.165) is 27.2 Å². The van der Waals surface area contributed by atoms with Crippen molar-refractivity contribution in [2.45, 2.75) is 12.1 Å². The van der Waals surface area contributed by atoms with Crippen LogP contribution in [0.5, 0.6) is 5.75 Å². The highest BCUT2D eigenvalue weighted by atomic mass is 79.9. The van der Waals surface area contributed by atoms with Crippen molar-refractivity contribution in [1.82, 2.24) is 14.9 Å². The highest BCUT2D eigenvalue weighted by molar-refractivity contribution is 9.10. The van der Waals surface area contributed by atoms with Crippen molar-refractivity contribution >= 4 is 50.5 Å². The fraction of sp³-hybridized carbons (Fsp3) is 0.179. The zero-order valence-corrected chi connectivity index (χ0v) is 23.2. The van der Waals surface area contributed by atoms with Crippen molar-refractivity contribution in [3.63, 3.8) is 0 Å². The Hall–Kier alpha value is -3.73. The predicted octanol–water partition coefficient (Wildman–Crippen LogP) is 5.41. The molecule has 38 heavy (non-hydrogen) atoms. The van der Waals surface area contributed by atoms with Gasteiger partial charge in [0.1, 0.15) is 18.4 Å². The molecule has 2 aromatic heterocycles. The number of anilines is 2. The number of pyridine rings is 1. The van der Waals surface area contributed by atoms with Crippen LogP contribution in [-0.4, -0.2) is 41.4 Å². The molecule has 2 aromatic carbocycles. The lowest BCUT2D eigenvalue weighted by molar-refractivity contribution is -0.119. The zero-order chi connectivity index (χ0) is 26.6. The van der Waals surface area contributed by atoms with Crippen LogP contribution in [0, 0.1) is 0 Å². The molecule has 5 rings (SSSR count). The minimum Gasteiger partial charge on any atom is -0.495 e. The van der Waals surface area contributed by atoms with Gasteiger partial charge in [-0.05, 0) is 72.9 Å². The Bertz CT molecular complexity index is 1460. The number of rotatable bonds is 8. The Morgan fingerprint density at radius 2 is 1.95 bits per heavy atom. The molecule has 194 valence electrons. The molecule has 1 fully saturated rings. The third-order valence-electron chi connectivity index (χ3n) is 6.28. The lowest BCUT2D eigenvalue weighted by atomic mass is 10.0. The van der Waals surface area contributed by atoms with Gasteiger partial charge in [-0.1, -0.05) is 28.1 Å². The first-order valence-electron chi connectivity index (χ1n) is 11.9. The Morgan fingerprint density at radius 1 is 1.08 bits per heavy atom. The molecule has 0 radical (unpaired) electrons. The number of nitrogens with zero attached hydrogens (tertiary/aromatic N) is 3. The van der Waals surface area contributed by atoms with E-state index in [1.807, 2.05) is 60.8 Å². The molecule has 0 saturated carbocycles. The number of aromatic nitrogens is 2. The minimum absolute atomic E-state index is 0.0679. The number of thiocarbonyl (C=S) groups is 1. The van der Waals surface area contributed by atoms with Crippen molar-refractivity contribution in [3.05, 3.63) is 101 Å². The summed E-state index contributed by atoms with van der Waals surface area (Å²) in [6.07, 6.45) is 3.82. The number of nitrogens with one attached hydrogen (secondary N) is 2. The van der Waals surface area contributed by atoms with Crippen molar-refractivity contribution < 1.29 is 14.3 Å². The molecule has 0 bridgehead atoms. The second kappa shape index (κ2) is 11.3. The third-order valence-corrected chi connectivity index (χ3v) is 7.09. The van der Waals surface area contributed by atoms with E-state index >= 15 is 0 Å². The van der Waals surface area contributed by atoms with Gasteiger partial charge in [0.05, 0.1) is 24.5 Å². The number of ether oxygens (including phenoxy) is 2. The number of hydrogen-bond donors (Lipinski definition) is 2. The molecule has 2 atom stereocenters. The molecule has 1 amide bonds. The number of carbonyl (C=O) groups is 1. The molecule has 1 aliphatic rings. The normalized spacial score (nSPS) is 16.8. The maximum absolute atomic E-state index is 12.3. The third kappa shape index (κ3) is 5.15. The van der Waals surface area contributed by atoms with Crippen LogP contribution in [0.25, 0.3) is 5.69 Å². The van der Waals surface area contributed by atoms with Gasteiger partial charge in [0, 0.05) is 41.0 Å². The van der Waals surface area contributed by atoms with Gasteiger partial charge < -0.3 is 29.6 Å². The summed E-state index contributed by atoms with van der Waals surface area (Å²) in [5.74, 6) is 0.253. The van der Waals surface area contributed by atoms with Crippen LogP contribution in [0.4, 0.5) is 11.4 Å². The fourth-order valence-electron chi connectivity index (χ4n) is 4.69. The summed E-state index contributed by atoms with van der Waals surface area (Å²) in [6.45, 7) is -0.0679. The quantitative estimate of drug-likeness (QED) is 0.265. The van der Waals surface area contributed by atoms with E-state index < -0.39 is 0 Å². The van der Waals surface area contributed by atoms with Crippen molar-refractivity contribution in [1.29, 1.82) is 0 Å². The van der Waals surface area contributed by atoms with E-state index in [4.69, 9.17) is 21.7 Å². The smallest absolute Gasteiger partial charge is 0.250 e. The summed E-state index contributed by atoms with van der Waals surface area (Å²) in [6, 6.07) is 23.2. The Labute approximate surface area is 234 Å². The molecule has 3 heterocycles. The molecule has 2 unspecified atom stereocenters. The van der Waals surface area contributed by atoms with Crippen molar-refractivity contribution in [2.75, 3.05) is 31.0 Å². The van der Waals surface area contributed by atoms with Gasteiger partial charge in [-0.25, -0.2) is 0 Å². The molecule has 1 saturated heterocycles. The van der Waals surface area contributed by atoms with Gasteiger partial charge in [-0.2, -0.15) is 0 Å². The first-order valence-corrected chi connectivity index (χ1v) is 13.1. The summed E-state index contributed by atoms with van der Waals surface area (Å²) in [5, 5.41) is 6.91. The minimum atomic E-state index is -0.281. The van der Waals surface area contributed by atoms with E-state index in [2.05, 4.69) is 59.2 Å². The van der Waals surface area contributed by atoms with Gasteiger partial charge in [0.2, 0.25) is 5.91 Å². The van der Waals surface area contributed by atoms with Crippen LogP contribution < -0.4 is 20.3 Å². The lowest BCUT2D eigenvalue weighted by Gasteiger charge is -2.29. The number of amides is 1. The Balaban J connectivity index is 1.63. The van der Waals surface area contributed by atoms with E-state index in [1.54, 1.807) is 13.3 Å². The second-order valence-corrected chi connectivity index (χ2v) is 9.95. The number of methoxy groups -OCH3 is 2. The number of hydrogen-bond acceptors (Lipinski definition) is 5. The first kappa shape index (κ1) is 25.9. The van der Waals surface area contributed by atoms with Crippen LogP contribution in [0.15, 0.2) is 89.7 Å².